The molecule has 1 heterocycles. The number of piperidine rings is 1. The summed E-state index contributed by atoms with van der Waals surface area (Å²) in [6, 6.07) is -0.366. The monoisotopic (exact) mass is 234 g/mol. The van der Waals surface area contributed by atoms with E-state index in [0.29, 0.717) is 12.3 Å². The van der Waals surface area contributed by atoms with E-state index in [-0.39, 0.29) is 11.8 Å². The smallest absolute Gasteiger partial charge is 0.250 e. The summed E-state index contributed by atoms with van der Waals surface area (Å²) in [6.07, 6.45) is 1.73. The van der Waals surface area contributed by atoms with E-state index >= 15 is 0 Å². The van der Waals surface area contributed by atoms with Crippen LogP contribution in [0.5, 0.6) is 0 Å². The lowest BCUT2D eigenvalue weighted by atomic mass is 9.94. The number of carbonyl (C=O) groups excluding carboxylic acids is 1. The fourth-order valence-electron chi connectivity index (χ4n) is 1.60. The second-order valence-corrected chi connectivity index (χ2v) is 6.02. The van der Waals surface area contributed by atoms with E-state index in [1.54, 1.807) is 0 Å². The SMILES string of the molecule is CCS(=O)(=O)NC(=O)[C@H]1CC(C)CCN1. The number of carbonyl (C=O) groups is 1. The van der Waals surface area contributed by atoms with E-state index < -0.39 is 15.9 Å². The van der Waals surface area contributed by atoms with Crippen LogP contribution in [0.15, 0.2) is 0 Å². The van der Waals surface area contributed by atoms with Crippen LogP contribution in [0.4, 0.5) is 0 Å². The first-order valence-corrected chi connectivity index (χ1v) is 6.87. The van der Waals surface area contributed by atoms with Crippen LogP contribution in [0.2, 0.25) is 0 Å². The van der Waals surface area contributed by atoms with Gasteiger partial charge < -0.3 is 5.32 Å². The Morgan fingerprint density at radius 1 is 1.53 bits per heavy atom. The Kier molecular flexibility index (Phi) is 4.10. The largest absolute Gasteiger partial charge is 0.306 e. The molecular weight excluding hydrogens is 216 g/mol. The van der Waals surface area contributed by atoms with Gasteiger partial charge in [-0.05, 0) is 32.2 Å². The van der Waals surface area contributed by atoms with Crippen molar-refractivity contribution in [2.45, 2.75) is 32.7 Å². The van der Waals surface area contributed by atoms with Crippen molar-refractivity contribution < 1.29 is 13.2 Å². The second kappa shape index (κ2) is 4.94. The summed E-state index contributed by atoms with van der Waals surface area (Å²) in [4.78, 5) is 11.6. The van der Waals surface area contributed by atoms with E-state index in [4.69, 9.17) is 0 Å². The van der Waals surface area contributed by atoms with Gasteiger partial charge >= 0.3 is 0 Å². The molecule has 0 aromatic rings. The van der Waals surface area contributed by atoms with Crippen molar-refractivity contribution in [3.8, 4) is 0 Å². The third-order valence-electron chi connectivity index (χ3n) is 2.62. The zero-order chi connectivity index (χ0) is 11.5. The lowest BCUT2D eigenvalue weighted by molar-refractivity contribution is -0.122. The summed E-state index contributed by atoms with van der Waals surface area (Å²) in [7, 11) is -3.43. The quantitative estimate of drug-likeness (QED) is 0.711. The first-order chi connectivity index (χ1) is 6.94. The van der Waals surface area contributed by atoms with Crippen molar-refractivity contribution in [2.75, 3.05) is 12.3 Å². The van der Waals surface area contributed by atoms with Crippen molar-refractivity contribution in [1.82, 2.24) is 10.0 Å². The van der Waals surface area contributed by atoms with Crippen LogP contribution >= 0.6 is 0 Å². The topological polar surface area (TPSA) is 75.3 Å². The second-order valence-electron chi connectivity index (χ2n) is 4.01. The summed E-state index contributed by atoms with van der Waals surface area (Å²) in [5, 5.41) is 3.02. The first-order valence-electron chi connectivity index (χ1n) is 5.22. The molecule has 5 nitrogen and oxygen atoms in total. The van der Waals surface area contributed by atoms with Gasteiger partial charge in [0.05, 0.1) is 11.8 Å². The van der Waals surface area contributed by atoms with Gasteiger partial charge in [-0.25, -0.2) is 8.42 Å². The fraction of sp³-hybridized carbons (Fsp3) is 0.889. The van der Waals surface area contributed by atoms with Crippen LogP contribution in [-0.2, 0) is 14.8 Å². The predicted octanol–water partition coefficient (Wildman–Crippen LogP) is -0.160. The summed E-state index contributed by atoms with van der Waals surface area (Å²) in [5.74, 6) is -0.0317. The molecule has 0 aromatic heterocycles. The Balaban J connectivity index is 2.53. The molecule has 1 rings (SSSR count). The minimum Gasteiger partial charge on any atom is -0.306 e. The van der Waals surface area contributed by atoms with Gasteiger partial charge in [-0.1, -0.05) is 6.92 Å². The molecule has 2 N–H and O–H groups in total. The van der Waals surface area contributed by atoms with E-state index in [0.717, 1.165) is 13.0 Å². The summed E-state index contributed by atoms with van der Waals surface area (Å²) in [6.45, 7) is 4.34. The van der Waals surface area contributed by atoms with Crippen LogP contribution in [0, 0.1) is 5.92 Å². The van der Waals surface area contributed by atoms with Crippen molar-refractivity contribution in [3.05, 3.63) is 0 Å². The van der Waals surface area contributed by atoms with Gasteiger partial charge in [-0.3, -0.25) is 9.52 Å². The zero-order valence-corrected chi connectivity index (χ0v) is 9.93. The molecule has 1 unspecified atom stereocenters. The maximum absolute atomic E-state index is 11.6. The van der Waals surface area contributed by atoms with E-state index in [2.05, 4.69) is 17.0 Å². The van der Waals surface area contributed by atoms with Gasteiger partial charge in [0.2, 0.25) is 10.0 Å². The van der Waals surface area contributed by atoms with Crippen molar-refractivity contribution >= 4 is 15.9 Å². The maximum atomic E-state index is 11.6. The third-order valence-corrected chi connectivity index (χ3v) is 3.89. The van der Waals surface area contributed by atoms with Gasteiger partial charge in [0.1, 0.15) is 0 Å². The van der Waals surface area contributed by atoms with Crippen molar-refractivity contribution in [1.29, 1.82) is 0 Å². The molecule has 1 amide bonds. The minimum absolute atomic E-state index is 0.0684. The Hall–Kier alpha value is -0.620. The molecule has 1 fully saturated rings. The molecule has 1 aliphatic rings. The number of amides is 1. The van der Waals surface area contributed by atoms with Gasteiger partial charge in [0.15, 0.2) is 0 Å². The Labute approximate surface area is 90.7 Å². The average Bonchev–Trinajstić information content (AvgIpc) is 2.17. The predicted molar refractivity (Wildman–Crippen MR) is 57.8 cm³/mol. The number of hydrogen-bond acceptors (Lipinski definition) is 4. The van der Waals surface area contributed by atoms with Gasteiger partial charge in [-0.2, -0.15) is 0 Å². The fourth-order valence-corrected chi connectivity index (χ4v) is 2.20. The highest BCUT2D eigenvalue weighted by Gasteiger charge is 2.26. The van der Waals surface area contributed by atoms with E-state index in [1.807, 2.05) is 0 Å². The molecule has 6 heteroatoms. The average molecular weight is 234 g/mol. The molecule has 0 saturated carbocycles. The number of rotatable bonds is 3. The Morgan fingerprint density at radius 3 is 2.73 bits per heavy atom. The molecule has 0 aromatic carbocycles. The normalized spacial score (nSPS) is 27.3. The Morgan fingerprint density at radius 2 is 2.20 bits per heavy atom. The number of hydrogen-bond donors (Lipinski definition) is 2. The number of nitrogens with one attached hydrogen (secondary N) is 2. The standard InChI is InChI=1S/C9H18N2O3S/c1-3-15(13,14)11-9(12)8-6-7(2)4-5-10-8/h7-8,10H,3-6H2,1-2H3,(H,11,12)/t7?,8-/m1/s1. The molecule has 2 atom stereocenters. The van der Waals surface area contributed by atoms with Crippen LogP contribution in [0.3, 0.4) is 0 Å². The first kappa shape index (κ1) is 12.4. The van der Waals surface area contributed by atoms with Gasteiger partial charge in [-0.15, -0.1) is 0 Å². The van der Waals surface area contributed by atoms with E-state index in [1.165, 1.54) is 6.92 Å². The maximum Gasteiger partial charge on any atom is 0.250 e. The van der Waals surface area contributed by atoms with Crippen LogP contribution < -0.4 is 10.0 Å². The highest BCUT2D eigenvalue weighted by Crippen LogP contribution is 2.15. The van der Waals surface area contributed by atoms with E-state index in [9.17, 15) is 13.2 Å². The van der Waals surface area contributed by atoms with Gasteiger partial charge in [0, 0.05) is 0 Å². The highest BCUT2D eigenvalue weighted by molar-refractivity contribution is 7.90. The summed E-state index contributed by atoms with van der Waals surface area (Å²) >= 11 is 0. The molecule has 15 heavy (non-hydrogen) atoms. The molecule has 0 radical (unpaired) electrons. The van der Waals surface area contributed by atoms with Crippen LogP contribution in [-0.4, -0.2) is 32.7 Å². The highest BCUT2D eigenvalue weighted by atomic mass is 32.2. The van der Waals surface area contributed by atoms with Crippen molar-refractivity contribution in [3.63, 3.8) is 0 Å². The lowest BCUT2D eigenvalue weighted by Gasteiger charge is -2.26. The minimum atomic E-state index is -3.43. The number of sulfonamides is 1. The molecule has 0 spiro atoms. The van der Waals surface area contributed by atoms with Crippen molar-refractivity contribution in [2.24, 2.45) is 5.92 Å². The molecule has 88 valence electrons. The summed E-state index contributed by atoms with van der Waals surface area (Å²) in [5.41, 5.74) is 0. The van der Waals surface area contributed by atoms with Crippen LogP contribution in [0.1, 0.15) is 26.7 Å². The molecular formula is C9H18N2O3S. The Bertz CT molecular complexity index is 326. The lowest BCUT2D eigenvalue weighted by Crippen LogP contribution is -2.50. The van der Waals surface area contributed by atoms with Gasteiger partial charge in [0.25, 0.3) is 5.91 Å². The molecule has 1 aliphatic heterocycles. The third kappa shape index (κ3) is 3.79. The molecule has 0 bridgehead atoms. The molecule has 1 saturated heterocycles. The van der Waals surface area contributed by atoms with Crippen LogP contribution in [0.25, 0.3) is 0 Å². The molecule has 0 aliphatic carbocycles. The zero-order valence-electron chi connectivity index (χ0n) is 9.12. The summed E-state index contributed by atoms with van der Waals surface area (Å²) < 4.78 is 24.4.